The average Bonchev–Trinajstić information content (AvgIpc) is 2.64. The van der Waals surface area contributed by atoms with Gasteiger partial charge in [-0.2, -0.15) is 0 Å². The first kappa shape index (κ1) is 25.2. The number of carbonyl (C=O) groups is 1. The maximum atomic E-state index is 11.1. The van der Waals surface area contributed by atoms with Gasteiger partial charge in [-0.3, -0.25) is 0 Å². The van der Waals surface area contributed by atoms with Gasteiger partial charge in [0.25, 0.3) is 0 Å². The first-order chi connectivity index (χ1) is 12.7. The van der Waals surface area contributed by atoms with E-state index in [-0.39, 0.29) is 12.1 Å². The van der Waals surface area contributed by atoms with E-state index in [2.05, 4.69) is 13.5 Å². The molecule has 0 aromatic carbocycles. The number of carbonyl (C=O) groups excluding carboxylic acids is 1. The van der Waals surface area contributed by atoms with Gasteiger partial charge in [0.05, 0.1) is 6.10 Å². The molecule has 0 saturated heterocycles. The van der Waals surface area contributed by atoms with Gasteiger partial charge in [0.1, 0.15) is 0 Å². The van der Waals surface area contributed by atoms with Crippen LogP contribution in [-0.2, 0) is 9.53 Å². The van der Waals surface area contributed by atoms with Crippen molar-refractivity contribution in [2.45, 2.75) is 136 Å². The summed E-state index contributed by atoms with van der Waals surface area (Å²) in [7, 11) is 0. The van der Waals surface area contributed by atoms with Crippen LogP contribution in [0.5, 0.6) is 0 Å². The second-order valence-corrected chi connectivity index (χ2v) is 7.90. The molecule has 0 aliphatic rings. The van der Waals surface area contributed by atoms with Gasteiger partial charge in [0.2, 0.25) is 0 Å². The highest BCUT2D eigenvalue weighted by atomic mass is 16.5. The van der Waals surface area contributed by atoms with Crippen molar-refractivity contribution in [2.75, 3.05) is 0 Å². The Morgan fingerprint density at radius 1 is 0.731 bits per heavy atom. The van der Waals surface area contributed by atoms with Crippen molar-refractivity contribution in [2.24, 2.45) is 0 Å². The van der Waals surface area contributed by atoms with E-state index in [0.717, 1.165) is 12.8 Å². The van der Waals surface area contributed by atoms with E-state index >= 15 is 0 Å². The van der Waals surface area contributed by atoms with Crippen molar-refractivity contribution >= 4 is 5.97 Å². The van der Waals surface area contributed by atoms with Gasteiger partial charge >= 0.3 is 5.97 Å². The lowest BCUT2D eigenvalue weighted by atomic mass is 10.0. The Morgan fingerprint density at radius 2 is 1.08 bits per heavy atom. The molecule has 26 heavy (non-hydrogen) atoms. The molecule has 0 spiro atoms. The van der Waals surface area contributed by atoms with Crippen molar-refractivity contribution in [1.29, 1.82) is 0 Å². The van der Waals surface area contributed by atoms with Gasteiger partial charge in [-0.1, -0.05) is 116 Å². The zero-order chi connectivity index (χ0) is 19.3. The van der Waals surface area contributed by atoms with Crippen LogP contribution in [0.1, 0.15) is 129 Å². The molecule has 2 nitrogen and oxygen atoms in total. The van der Waals surface area contributed by atoms with Crippen LogP contribution < -0.4 is 0 Å². The summed E-state index contributed by atoms with van der Waals surface area (Å²) in [6, 6.07) is 0. The lowest BCUT2D eigenvalue weighted by molar-refractivity contribution is -0.142. The summed E-state index contributed by atoms with van der Waals surface area (Å²) in [4.78, 5) is 11.1. The van der Waals surface area contributed by atoms with Crippen LogP contribution in [-0.4, -0.2) is 12.1 Å². The Kier molecular flexibility index (Phi) is 19.9. The van der Waals surface area contributed by atoms with E-state index in [1.807, 2.05) is 6.92 Å². The Bertz CT molecular complexity index is 311. The molecule has 2 heteroatoms. The van der Waals surface area contributed by atoms with Gasteiger partial charge < -0.3 is 4.74 Å². The minimum Gasteiger partial charge on any atom is -0.460 e. The number of unbranched alkanes of at least 4 members (excludes halogenated alkanes) is 16. The number of esters is 1. The molecule has 0 bridgehead atoms. The number of ether oxygens (including phenoxy) is 1. The Balaban J connectivity index is 3.11. The third-order valence-electron chi connectivity index (χ3n) is 5.20. The monoisotopic (exact) mass is 366 g/mol. The summed E-state index contributed by atoms with van der Waals surface area (Å²) < 4.78 is 5.17. The molecule has 0 N–H and O–H groups in total. The maximum absolute atomic E-state index is 11.1. The predicted molar refractivity (Wildman–Crippen MR) is 115 cm³/mol. The zero-order valence-electron chi connectivity index (χ0n) is 17.9. The highest BCUT2D eigenvalue weighted by Crippen LogP contribution is 2.15. The maximum Gasteiger partial charge on any atom is 0.330 e. The lowest BCUT2D eigenvalue weighted by Crippen LogP contribution is -2.12. The molecule has 0 rings (SSSR count). The van der Waals surface area contributed by atoms with Crippen molar-refractivity contribution in [3.05, 3.63) is 12.7 Å². The molecule has 0 radical (unpaired) electrons. The van der Waals surface area contributed by atoms with E-state index in [0.29, 0.717) is 0 Å². The zero-order valence-corrected chi connectivity index (χ0v) is 17.9. The third kappa shape index (κ3) is 19.5. The molecule has 0 amide bonds. The predicted octanol–water partition coefficient (Wildman–Crippen LogP) is 8.15. The van der Waals surface area contributed by atoms with Crippen LogP contribution in [0, 0.1) is 0 Å². The lowest BCUT2D eigenvalue weighted by Gasteiger charge is -2.11. The van der Waals surface area contributed by atoms with Crippen LogP contribution in [0.25, 0.3) is 0 Å². The molecule has 0 heterocycles. The topological polar surface area (TPSA) is 26.3 Å². The quantitative estimate of drug-likeness (QED) is 0.123. The molecule has 154 valence electrons. The summed E-state index contributed by atoms with van der Waals surface area (Å²) >= 11 is 0. The second-order valence-electron chi connectivity index (χ2n) is 7.90. The van der Waals surface area contributed by atoms with Crippen molar-refractivity contribution in [3.8, 4) is 0 Å². The van der Waals surface area contributed by atoms with Gasteiger partial charge in [-0.25, -0.2) is 4.79 Å². The van der Waals surface area contributed by atoms with Crippen LogP contribution in [0.3, 0.4) is 0 Å². The minimum atomic E-state index is -0.301. The summed E-state index contributed by atoms with van der Waals surface area (Å²) in [5, 5.41) is 0. The fourth-order valence-electron chi connectivity index (χ4n) is 3.46. The summed E-state index contributed by atoms with van der Waals surface area (Å²) in [5.41, 5.74) is 0. The minimum absolute atomic E-state index is 0.0249. The molecule has 0 aliphatic carbocycles. The fraction of sp³-hybridized carbons (Fsp3) is 0.875. The Hall–Kier alpha value is -0.790. The third-order valence-corrected chi connectivity index (χ3v) is 5.20. The highest BCUT2D eigenvalue weighted by molar-refractivity contribution is 5.81. The summed E-state index contributed by atoms with van der Waals surface area (Å²) in [6.07, 6.45) is 25.9. The van der Waals surface area contributed by atoms with Crippen LogP contribution in [0.2, 0.25) is 0 Å². The van der Waals surface area contributed by atoms with Crippen LogP contribution in [0.15, 0.2) is 12.7 Å². The highest BCUT2D eigenvalue weighted by Gasteiger charge is 2.05. The van der Waals surface area contributed by atoms with Gasteiger partial charge in [0, 0.05) is 6.08 Å². The molecule has 1 unspecified atom stereocenters. The Morgan fingerprint density at radius 3 is 1.42 bits per heavy atom. The van der Waals surface area contributed by atoms with Gasteiger partial charge in [-0.15, -0.1) is 0 Å². The van der Waals surface area contributed by atoms with Crippen molar-refractivity contribution < 1.29 is 9.53 Å². The first-order valence-corrected chi connectivity index (χ1v) is 11.5. The largest absolute Gasteiger partial charge is 0.460 e. The number of hydrogen-bond donors (Lipinski definition) is 0. The molecule has 0 saturated carbocycles. The molecule has 0 aromatic rings. The molecular weight excluding hydrogens is 320 g/mol. The van der Waals surface area contributed by atoms with E-state index < -0.39 is 0 Å². The molecule has 0 fully saturated rings. The van der Waals surface area contributed by atoms with E-state index in [4.69, 9.17) is 4.74 Å². The average molecular weight is 367 g/mol. The first-order valence-electron chi connectivity index (χ1n) is 11.5. The smallest absolute Gasteiger partial charge is 0.330 e. The molecule has 0 aliphatic heterocycles. The van der Waals surface area contributed by atoms with Crippen molar-refractivity contribution in [1.82, 2.24) is 0 Å². The van der Waals surface area contributed by atoms with Crippen LogP contribution in [0.4, 0.5) is 0 Å². The van der Waals surface area contributed by atoms with Crippen LogP contribution >= 0.6 is 0 Å². The molecule has 1 atom stereocenters. The number of rotatable bonds is 20. The van der Waals surface area contributed by atoms with E-state index in [1.54, 1.807) is 0 Å². The van der Waals surface area contributed by atoms with Gasteiger partial charge in [0.15, 0.2) is 0 Å². The van der Waals surface area contributed by atoms with E-state index in [1.165, 1.54) is 109 Å². The van der Waals surface area contributed by atoms with Crippen molar-refractivity contribution in [3.63, 3.8) is 0 Å². The molecule has 0 aromatic heterocycles. The molecular formula is C24H46O2. The fourth-order valence-corrected chi connectivity index (χ4v) is 3.46. The SMILES string of the molecule is C=CC(=O)OC(C)CCCCCCCCCCCCCCCCCCC. The summed E-state index contributed by atoms with van der Waals surface area (Å²) in [6.45, 7) is 7.67. The summed E-state index contributed by atoms with van der Waals surface area (Å²) in [5.74, 6) is -0.301. The standard InChI is InChI=1S/C24H46O2/c1-4-6-7-8-9-10-11-12-13-14-15-16-17-18-19-20-21-22-23(3)26-24(25)5-2/h5,23H,2,4,6-22H2,1,3H3. The normalized spacial score (nSPS) is 12.1. The Labute approximate surface area is 164 Å². The van der Waals surface area contributed by atoms with Gasteiger partial charge in [-0.05, 0) is 19.8 Å². The number of hydrogen-bond acceptors (Lipinski definition) is 2. The second kappa shape index (κ2) is 20.5. The van der Waals surface area contributed by atoms with E-state index in [9.17, 15) is 4.79 Å².